The van der Waals surface area contributed by atoms with Gasteiger partial charge >= 0.3 is 0 Å². The van der Waals surface area contributed by atoms with Gasteiger partial charge in [0.1, 0.15) is 11.6 Å². The number of hydrogen-bond acceptors (Lipinski definition) is 3. The van der Waals surface area contributed by atoms with Gasteiger partial charge in [-0.2, -0.15) is 0 Å². The summed E-state index contributed by atoms with van der Waals surface area (Å²) in [5, 5.41) is 3.05. The molecule has 4 rings (SSSR count). The molecule has 5 heteroatoms. The van der Waals surface area contributed by atoms with Gasteiger partial charge in [-0.1, -0.05) is 42.5 Å². The van der Waals surface area contributed by atoms with Crippen LogP contribution in [0.25, 0.3) is 11.0 Å². The van der Waals surface area contributed by atoms with E-state index in [0.29, 0.717) is 18.7 Å². The van der Waals surface area contributed by atoms with E-state index in [1.807, 2.05) is 61.5 Å². The van der Waals surface area contributed by atoms with Crippen LogP contribution in [0.1, 0.15) is 45.7 Å². The average Bonchev–Trinajstić information content (AvgIpc) is 3.17. The molecule has 1 N–H and O–H groups in total. The van der Waals surface area contributed by atoms with E-state index in [4.69, 9.17) is 9.72 Å². The van der Waals surface area contributed by atoms with Crippen molar-refractivity contribution in [2.75, 3.05) is 6.61 Å². The standard InChI is InChI=1S/C28H31N3O2/c1-20-12-10-16-26(22(20)3)33-18-9-8-17-31-25-15-7-6-14-24(25)30-27(31)19-29-28(32)23-13-5-4-11-21(23)2/h4-7,10-16H,8-9,17-19H2,1-3H3,(H,29,32). The largest absolute Gasteiger partial charge is 0.493 e. The van der Waals surface area contributed by atoms with Crippen molar-refractivity contribution < 1.29 is 9.53 Å². The maximum atomic E-state index is 12.7. The predicted molar refractivity (Wildman–Crippen MR) is 133 cm³/mol. The van der Waals surface area contributed by atoms with Crippen LogP contribution in [0.3, 0.4) is 0 Å². The number of benzene rings is 3. The SMILES string of the molecule is Cc1ccccc1C(=O)NCc1nc2ccccc2n1CCCCOc1cccc(C)c1C. The van der Waals surface area contributed by atoms with E-state index < -0.39 is 0 Å². The van der Waals surface area contributed by atoms with Gasteiger partial charge in [0, 0.05) is 12.1 Å². The molecule has 0 fully saturated rings. The molecule has 0 atom stereocenters. The number of hydrogen-bond donors (Lipinski definition) is 1. The molecule has 1 aromatic heterocycles. The van der Waals surface area contributed by atoms with Crippen LogP contribution in [0.15, 0.2) is 66.7 Å². The van der Waals surface area contributed by atoms with Gasteiger partial charge in [0.25, 0.3) is 5.91 Å². The molecule has 0 spiro atoms. The Hall–Kier alpha value is -3.60. The fraction of sp³-hybridized carbons (Fsp3) is 0.286. The van der Waals surface area contributed by atoms with Crippen LogP contribution in [0.5, 0.6) is 5.75 Å². The molecule has 0 radical (unpaired) electrons. The average molecular weight is 442 g/mol. The lowest BCUT2D eigenvalue weighted by Crippen LogP contribution is -2.25. The molecule has 4 aromatic rings. The summed E-state index contributed by atoms with van der Waals surface area (Å²) in [5.74, 6) is 1.75. The highest BCUT2D eigenvalue weighted by Gasteiger charge is 2.13. The molecular formula is C28H31N3O2. The maximum Gasteiger partial charge on any atom is 0.251 e. The lowest BCUT2D eigenvalue weighted by atomic mass is 10.1. The molecule has 1 heterocycles. The minimum Gasteiger partial charge on any atom is -0.493 e. The summed E-state index contributed by atoms with van der Waals surface area (Å²) in [6.07, 6.45) is 1.90. The number of rotatable bonds is 9. The zero-order valence-corrected chi connectivity index (χ0v) is 19.6. The smallest absolute Gasteiger partial charge is 0.251 e. The molecule has 3 aromatic carbocycles. The minimum absolute atomic E-state index is 0.0753. The van der Waals surface area contributed by atoms with Crippen molar-refractivity contribution in [3.63, 3.8) is 0 Å². The monoisotopic (exact) mass is 441 g/mol. The van der Waals surface area contributed by atoms with Crippen molar-refractivity contribution in [3.05, 3.63) is 94.8 Å². The zero-order valence-electron chi connectivity index (χ0n) is 19.6. The van der Waals surface area contributed by atoms with Gasteiger partial charge in [-0.15, -0.1) is 0 Å². The lowest BCUT2D eigenvalue weighted by Gasteiger charge is -2.13. The van der Waals surface area contributed by atoms with Crippen LogP contribution in [-0.2, 0) is 13.1 Å². The number of nitrogens with zero attached hydrogens (tertiary/aromatic N) is 2. The molecule has 0 bridgehead atoms. The first kappa shape index (κ1) is 22.6. The van der Waals surface area contributed by atoms with Crippen molar-refractivity contribution in [3.8, 4) is 5.75 Å². The van der Waals surface area contributed by atoms with Crippen molar-refractivity contribution in [1.82, 2.24) is 14.9 Å². The molecular weight excluding hydrogens is 410 g/mol. The Morgan fingerprint density at radius 3 is 2.52 bits per heavy atom. The Labute approximate surface area is 195 Å². The van der Waals surface area contributed by atoms with Gasteiger partial charge in [-0.3, -0.25) is 4.79 Å². The van der Waals surface area contributed by atoms with Gasteiger partial charge in [0.2, 0.25) is 0 Å². The quantitative estimate of drug-likeness (QED) is 0.337. The second-order valence-electron chi connectivity index (χ2n) is 8.42. The Bertz CT molecular complexity index is 1260. The number of para-hydroxylation sites is 2. The topological polar surface area (TPSA) is 56.2 Å². The van der Waals surface area contributed by atoms with Gasteiger partial charge in [0.15, 0.2) is 0 Å². The molecule has 0 saturated heterocycles. The van der Waals surface area contributed by atoms with Crippen LogP contribution < -0.4 is 10.1 Å². The second-order valence-corrected chi connectivity index (χ2v) is 8.42. The number of imidazole rings is 1. The molecule has 5 nitrogen and oxygen atoms in total. The number of nitrogens with one attached hydrogen (secondary N) is 1. The van der Waals surface area contributed by atoms with E-state index in [1.54, 1.807) is 0 Å². The maximum absolute atomic E-state index is 12.7. The number of amides is 1. The first-order valence-corrected chi connectivity index (χ1v) is 11.5. The van der Waals surface area contributed by atoms with Gasteiger partial charge in [0.05, 0.1) is 24.2 Å². The van der Waals surface area contributed by atoms with Crippen molar-refractivity contribution >= 4 is 16.9 Å². The van der Waals surface area contributed by atoms with E-state index in [2.05, 4.69) is 35.9 Å². The normalized spacial score (nSPS) is 11.0. The number of carbonyl (C=O) groups is 1. The Balaban J connectivity index is 1.39. The van der Waals surface area contributed by atoms with E-state index in [0.717, 1.165) is 47.6 Å². The summed E-state index contributed by atoms with van der Waals surface area (Å²) in [5.41, 5.74) is 6.15. The molecule has 0 aliphatic carbocycles. The predicted octanol–water partition coefficient (Wildman–Crippen LogP) is 5.75. The van der Waals surface area contributed by atoms with Crippen LogP contribution in [0, 0.1) is 20.8 Å². The fourth-order valence-corrected chi connectivity index (χ4v) is 4.03. The lowest BCUT2D eigenvalue weighted by molar-refractivity contribution is 0.0949. The number of carbonyl (C=O) groups excluding carboxylic acids is 1. The van der Waals surface area contributed by atoms with E-state index in [9.17, 15) is 4.79 Å². The highest BCUT2D eigenvalue weighted by atomic mass is 16.5. The van der Waals surface area contributed by atoms with Crippen LogP contribution in [0.2, 0.25) is 0 Å². The summed E-state index contributed by atoms with van der Waals surface area (Å²) >= 11 is 0. The van der Waals surface area contributed by atoms with Crippen LogP contribution in [-0.4, -0.2) is 22.1 Å². The highest BCUT2D eigenvalue weighted by molar-refractivity contribution is 5.95. The number of aromatic nitrogens is 2. The second kappa shape index (κ2) is 10.3. The van der Waals surface area contributed by atoms with E-state index >= 15 is 0 Å². The van der Waals surface area contributed by atoms with Crippen LogP contribution in [0.4, 0.5) is 0 Å². The summed E-state index contributed by atoms with van der Waals surface area (Å²) < 4.78 is 8.23. The van der Waals surface area contributed by atoms with Gasteiger partial charge in [-0.05, 0) is 74.6 Å². The van der Waals surface area contributed by atoms with E-state index in [1.165, 1.54) is 11.1 Å². The third-order valence-electron chi connectivity index (χ3n) is 6.12. The number of fused-ring (bicyclic) bond motifs is 1. The highest BCUT2D eigenvalue weighted by Crippen LogP contribution is 2.21. The molecule has 170 valence electrons. The Kier molecular flexibility index (Phi) is 7.08. The van der Waals surface area contributed by atoms with Crippen molar-refractivity contribution in [2.24, 2.45) is 0 Å². The Morgan fingerprint density at radius 1 is 0.909 bits per heavy atom. The Morgan fingerprint density at radius 2 is 1.67 bits per heavy atom. The minimum atomic E-state index is -0.0753. The summed E-state index contributed by atoms with van der Waals surface area (Å²) in [6.45, 7) is 8.04. The van der Waals surface area contributed by atoms with Gasteiger partial charge < -0.3 is 14.6 Å². The third kappa shape index (κ3) is 5.25. The number of aryl methyl sites for hydroxylation is 3. The molecule has 33 heavy (non-hydrogen) atoms. The zero-order chi connectivity index (χ0) is 23.2. The molecule has 0 aliphatic rings. The molecule has 0 aliphatic heterocycles. The summed E-state index contributed by atoms with van der Waals surface area (Å²) in [6, 6.07) is 21.9. The summed E-state index contributed by atoms with van der Waals surface area (Å²) in [7, 11) is 0. The van der Waals surface area contributed by atoms with Crippen molar-refractivity contribution in [1.29, 1.82) is 0 Å². The molecule has 0 saturated carbocycles. The summed E-state index contributed by atoms with van der Waals surface area (Å²) in [4.78, 5) is 17.5. The fourth-order valence-electron chi connectivity index (χ4n) is 4.03. The molecule has 0 unspecified atom stereocenters. The number of ether oxygens (including phenoxy) is 1. The van der Waals surface area contributed by atoms with Gasteiger partial charge in [-0.25, -0.2) is 4.98 Å². The van der Waals surface area contributed by atoms with Crippen molar-refractivity contribution in [2.45, 2.75) is 46.7 Å². The molecule has 1 amide bonds. The van der Waals surface area contributed by atoms with E-state index in [-0.39, 0.29) is 5.91 Å². The van der Waals surface area contributed by atoms with Crippen LogP contribution >= 0.6 is 0 Å². The third-order valence-corrected chi connectivity index (χ3v) is 6.12. The first-order chi connectivity index (χ1) is 16.0. The first-order valence-electron chi connectivity index (χ1n) is 11.5. The number of unbranched alkanes of at least 4 members (excludes halogenated alkanes) is 1.